The number of benzene rings is 3. The van der Waals surface area contributed by atoms with Gasteiger partial charge in [0, 0.05) is 12.7 Å². The predicted molar refractivity (Wildman–Crippen MR) is 154 cm³/mol. The molecule has 0 fully saturated rings. The van der Waals surface area contributed by atoms with Crippen molar-refractivity contribution in [3.63, 3.8) is 0 Å². The number of hydrogen-bond acceptors (Lipinski definition) is 7. The van der Waals surface area contributed by atoms with Crippen LogP contribution in [0, 0.1) is 6.92 Å². The van der Waals surface area contributed by atoms with E-state index in [1.807, 2.05) is 60.7 Å². The maximum atomic E-state index is 13.2. The van der Waals surface area contributed by atoms with E-state index in [0.29, 0.717) is 22.2 Å². The number of anilines is 1. The monoisotopic (exact) mass is 574 g/mol. The maximum absolute atomic E-state index is 13.2. The molecule has 0 aliphatic rings. The molecule has 204 valence electrons. The van der Waals surface area contributed by atoms with Gasteiger partial charge in [-0.2, -0.15) is 0 Å². The quantitative estimate of drug-likeness (QED) is 0.266. The van der Waals surface area contributed by atoms with Crippen LogP contribution in [0.5, 0.6) is 0 Å². The van der Waals surface area contributed by atoms with Gasteiger partial charge in [0.25, 0.3) is 5.56 Å². The van der Waals surface area contributed by atoms with Gasteiger partial charge in [-0.05, 0) is 43.3 Å². The summed E-state index contributed by atoms with van der Waals surface area (Å²) in [5.74, 6) is -0.622. The van der Waals surface area contributed by atoms with Gasteiger partial charge in [-0.15, -0.1) is 10.2 Å². The van der Waals surface area contributed by atoms with Gasteiger partial charge >= 0.3 is 0 Å². The SMILES string of the molecule is Cc1c(NC(=O)CSc2nnc(CS(=O)(=O)c3ccccc3)n2-c2ccccc2)c(=O)n(-c2ccccc2)n1C. The Morgan fingerprint density at radius 2 is 1.45 bits per heavy atom. The summed E-state index contributed by atoms with van der Waals surface area (Å²) in [7, 11) is -1.94. The minimum Gasteiger partial charge on any atom is -0.319 e. The van der Waals surface area contributed by atoms with E-state index >= 15 is 0 Å². The number of nitrogens with zero attached hydrogens (tertiary/aromatic N) is 5. The molecule has 0 aliphatic heterocycles. The molecule has 0 saturated carbocycles. The third-order valence-corrected chi connectivity index (χ3v) is 8.84. The lowest BCUT2D eigenvalue weighted by atomic mass is 10.3. The van der Waals surface area contributed by atoms with E-state index in [0.717, 1.165) is 11.8 Å². The van der Waals surface area contributed by atoms with Crippen molar-refractivity contribution in [3.05, 3.63) is 113 Å². The fourth-order valence-corrected chi connectivity index (χ4v) is 6.26. The highest BCUT2D eigenvalue weighted by Gasteiger charge is 2.24. The number of thioether (sulfide) groups is 1. The number of sulfone groups is 1. The van der Waals surface area contributed by atoms with Gasteiger partial charge in [0.05, 0.1) is 22.0 Å². The van der Waals surface area contributed by atoms with Crippen molar-refractivity contribution < 1.29 is 13.2 Å². The Labute approximate surface area is 235 Å². The van der Waals surface area contributed by atoms with Crippen LogP contribution in [0.1, 0.15) is 11.5 Å². The Bertz CT molecular complexity index is 1810. The summed E-state index contributed by atoms with van der Waals surface area (Å²) in [5, 5.41) is 11.5. The number of nitrogens with one attached hydrogen (secondary N) is 1. The predicted octanol–water partition coefficient (Wildman–Crippen LogP) is 3.77. The largest absolute Gasteiger partial charge is 0.319 e. The molecule has 12 heteroatoms. The van der Waals surface area contributed by atoms with E-state index in [9.17, 15) is 18.0 Å². The van der Waals surface area contributed by atoms with Gasteiger partial charge in [-0.1, -0.05) is 66.4 Å². The molecule has 40 heavy (non-hydrogen) atoms. The molecule has 2 aromatic heterocycles. The van der Waals surface area contributed by atoms with E-state index in [-0.39, 0.29) is 33.5 Å². The molecule has 0 unspecified atom stereocenters. The molecule has 5 rings (SSSR count). The average Bonchev–Trinajstić information content (AvgIpc) is 3.46. The number of amides is 1. The minimum atomic E-state index is -3.69. The Morgan fingerprint density at radius 1 is 0.875 bits per heavy atom. The smallest absolute Gasteiger partial charge is 0.295 e. The summed E-state index contributed by atoms with van der Waals surface area (Å²) in [6.45, 7) is 1.76. The van der Waals surface area contributed by atoms with Gasteiger partial charge < -0.3 is 5.32 Å². The van der Waals surface area contributed by atoms with Crippen LogP contribution in [0.15, 0.2) is 106 Å². The Kier molecular flexibility index (Phi) is 7.71. The molecule has 0 radical (unpaired) electrons. The Balaban J connectivity index is 1.38. The third-order valence-electron chi connectivity index (χ3n) is 6.29. The van der Waals surface area contributed by atoms with E-state index in [1.165, 1.54) is 16.8 Å². The van der Waals surface area contributed by atoms with Crippen LogP contribution < -0.4 is 10.9 Å². The third kappa shape index (κ3) is 5.49. The summed E-state index contributed by atoms with van der Waals surface area (Å²) in [6, 6.07) is 26.4. The maximum Gasteiger partial charge on any atom is 0.295 e. The van der Waals surface area contributed by atoms with Crippen LogP contribution >= 0.6 is 11.8 Å². The number of aromatic nitrogens is 5. The molecule has 0 bridgehead atoms. The van der Waals surface area contributed by atoms with Crippen LogP contribution in [0.4, 0.5) is 5.69 Å². The lowest BCUT2D eigenvalue weighted by Crippen LogP contribution is -2.23. The van der Waals surface area contributed by atoms with Crippen molar-refractivity contribution in [2.75, 3.05) is 11.1 Å². The molecule has 10 nitrogen and oxygen atoms in total. The highest BCUT2D eigenvalue weighted by atomic mass is 32.2. The number of hydrogen-bond donors (Lipinski definition) is 1. The molecule has 0 aliphatic carbocycles. The van der Waals surface area contributed by atoms with Crippen molar-refractivity contribution in [1.82, 2.24) is 24.1 Å². The summed E-state index contributed by atoms with van der Waals surface area (Å²) in [4.78, 5) is 26.3. The number of rotatable bonds is 9. The summed E-state index contributed by atoms with van der Waals surface area (Å²) in [5.41, 5.74) is 1.80. The molecule has 0 atom stereocenters. The van der Waals surface area contributed by atoms with Crippen LogP contribution in [0.25, 0.3) is 11.4 Å². The Morgan fingerprint density at radius 3 is 2.08 bits per heavy atom. The number of carbonyl (C=O) groups is 1. The zero-order valence-electron chi connectivity index (χ0n) is 21.8. The van der Waals surface area contributed by atoms with Gasteiger partial charge in [-0.25, -0.2) is 13.1 Å². The molecule has 1 N–H and O–H groups in total. The van der Waals surface area contributed by atoms with E-state index in [2.05, 4.69) is 15.5 Å². The topological polar surface area (TPSA) is 121 Å². The standard InChI is InChI=1S/C28H26N6O4S2/c1-20-26(27(36)34(32(20)2)22-14-8-4-9-15-22)29-25(35)18-39-28-31-30-24(33(28)21-12-6-3-7-13-21)19-40(37,38)23-16-10-5-11-17-23/h3-17H,18-19H2,1-2H3,(H,29,35). The lowest BCUT2D eigenvalue weighted by Gasteiger charge is -2.11. The molecule has 1 amide bonds. The van der Waals surface area contributed by atoms with E-state index in [4.69, 9.17) is 0 Å². The second kappa shape index (κ2) is 11.4. The highest BCUT2D eigenvalue weighted by molar-refractivity contribution is 7.99. The van der Waals surface area contributed by atoms with E-state index in [1.54, 1.807) is 41.4 Å². The summed E-state index contributed by atoms with van der Waals surface area (Å²) in [6.07, 6.45) is 0. The summed E-state index contributed by atoms with van der Waals surface area (Å²) < 4.78 is 31.0. The van der Waals surface area contributed by atoms with Gasteiger partial charge in [0.1, 0.15) is 11.4 Å². The molecular formula is C28H26N6O4S2. The van der Waals surface area contributed by atoms with Crippen molar-refractivity contribution in [1.29, 1.82) is 0 Å². The normalized spacial score (nSPS) is 11.4. The molecule has 0 spiro atoms. The van der Waals surface area contributed by atoms with Gasteiger partial charge in [0.15, 0.2) is 20.8 Å². The first-order valence-corrected chi connectivity index (χ1v) is 14.9. The fourth-order valence-electron chi connectivity index (χ4n) is 4.22. The molecule has 0 saturated heterocycles. The van der Waals surface area contributed by atoms with Crippen LogP contribution in [0.2, 0.25) is 0 Å². The zero-order chi connectivity index (χ0) is 28.3. The summed E-state index contributed by atoms with van der Waals surface area (Å²) >= 11 is 1.10. The average molecular weight is 575 g/mol. The van der Waals surface area contributed by atoms with Crippen molar-refractivity contribution in [2.24, 2.45) is 7.05 Å². The first-order valence-electron chi connectivity index (χ1n) is 12.3. The highest BCUT2D eigenvalue weighted by Crippen LogP contribution is 2.25. The first kappa shape index (κ1) is 27.2. The van der Waals surface area contributed by atoms with Crippen molar-refractivity contribution in [2.45, 2.75) is 22.7 Å². The van der Waals surface area contributed by atoms with E-state index < -0.39 is 15.7 Å². The van der Waals surface area contributed by atoms with Crippen LogP contribution in [-0.4, -0.2) is 44.2 Å². The molecular weight excluding hydrogens is 548 g/mol. The number of para-hydroxylation sites is 2. The fraction of sp³-hybridized carbons (Fsp3) is 0.143. The molecule has 5 aromatic rings. The Hall–Kier alpha value is -4.42. The second-order valence-electron chi connectivity index (χ2n) is 8.92. The van der Waals surface area contributed by atoms with Crippen molar-refractivity contribution in [3.8, 4) is 11.4 Å². The number of carbonyl (C=O) groups excluding carboxylic acids is 1. The lowest BCUT2D eigenvalue weighted by molar-refractivity contribution is -0.113. The minimum absolute atomic E-state index is 0.0739. The first-order chi connectivity index (χ1) is 19.3. The van der Waals surface area contributed by atoms with Crippen molar-refractivity contribution >= 4 is 33.2 Å². The van der Waals surface area contributed by atoms with Crippen LogP contribution in [-0.2, 0) is 27.4 Å². The molecule has 2 heterocycles. The van der Waals surface area contributed by atoms with Gasteiger partial charge in [-0.3, -0.25) is 18.8 Å². The second-order valence-corrected chi connectivity index (χ2v) is 11.8. The molecule has 3 aromatic carbocycles. The zero-order valence-corrected chi connectivity index (χ0v) is 23.4. The van der Waals surface area contributed by atoms with Crippen LogP contribution in [0.3, 0.4) is 0 Å². The van der Waals surface area contributed by atoms with Gasteiger partial charge in [0.2, 0.25) is 5.91 Å².